The highest BCUT2D eigenvalue weighted by atomic mass is 32.2. The second-order valence-electron chi connectivity index (χ2n) is 3.74. The average Bonchev–Trinajstić information content (AvgIpc) is 2.39. The van der Waals surface area contributed by atoms with Crippen molar-refractivity contribution in [3.63, 3.8) is 0 Å². The molecule has 0 radical (unpaired) electrons. The lowest BCUT2D eigenvalue weighted by Crippen LogP contribution is -2.16. The highest BCUT2D eigenvalue weighted by Crippen LogP contribution is 2.18. The maximum absolute atomic E-state index is 13.4. The summed E-state index contributed by atoms with van der Waals surface area (Å²) in [7, 11) is -3.12. The van der Waals surface area contributed by atoms with Crippen molar-refractivity contribution in [3.8, 4) is 17.6 Å². The molecule has 0 aliphatic heterocycles. The molecule has 0 aliphatic rings. The Morgan fingerprint density at radius 3 is 2.79 bits per heavy atom. The summed E-state index contributed by atoms with van der Waals surface area (Å²) >= 11 is 0. The van der Waals surface area contributed by atoms with Gasteiger partial charge in [-0.2, -0.15) is 0 Å². The van der Waals surface area contributed by atoms with Gasteiger partial charge < -0.3 is 10.5 Å². The van der Waals surface area contributed by atoms with Crippen LogP contribution in [0.1, 0.15) is 12.5 Å². The van der Waals surface area contributed by atoms with Gasteiger partial charge in [0.1, 0.15) is 6.61 Å². The zero-order valence-corrected chi connectivity index (χ0v) is 11.5. The maximum Gasteiger partial charge on any atom is 0.165 e. The second-order valence-corrected chi connectivity index (χ2v) is 6.21. The van der Waals surface area contributed by atoms with Crippen LogP contribution in [0.4, 0.5) is 4.39 Å². The molecule has 0 aromatic heterocycles. The number of sulfone groups is 1. The fourth-order valence-corrected chi connectivity index (χ4v) is 1.89. The van der Waals surface area contributed by atoms with Gasteiger partial charge in [-0.05, 0) is 18.2 Å². The third-order valence-electron chi connectivity index (χ3n) is 2.36. The topological polar surface area (TPSA) is 69.4 Å². The van der Waals surface area contributed by atoms with Gasteiger partial charge in [-0.1, -0.05) is 18.8 Å². The van der Waals surface area contributed by atoms with E-state index < -0.39 is 15.7 Å². The van der Waals surface area contributed by atoms with Gasteiger partial charge >= 0.3 is 0 Å². The van der Waals surface area contributed by atoms with Crippen LogP contribution in [0.5, 0.6) is 5.75 Å². The fourth-order valence-electron chi connectivity index (χ4n) is 1.27. The molecule has 0 spiro atoms. The van der Waals surface area contributed by atoms with Gasteiger partial charge in [0.15, 0.2) is 21.4 Å². The van der Waals surface area contributed by atoms with Crippen LogP contribution in [0.3, 0.4) is 0 Å². The largest absolute Gasteiger partial charge is 0.489 e. The zero-order valence-electron chi connectivity index (χ0n) is 10.6. The molecule has 19 heavy (non-hydrogen) atoms. The Labute approximate surface area is 112 Å². The van der Waals surface area contributed by atoms with Crippen LogP contribution >= 0.6 is 0 Å². The molecule has 0 bridgehead atoms. The Morgan fingerprint density at radius 1 is 1.42 bits per heavy atom. The molecule has 0 atom stereocenters. The first-order valence-electron chi connectivity index (χ1n) is 5.80. The first kappa shape index (κ1) is 15.5. The van der Waals surface area contributed by atoms with E-state index in [0.717, 1.165) is 0 Å². The minimum absolute atomic E-state index is 0.00451. The summed E-state index contributed by atoms with van der Waals surface area (Å²) in [6.45, 7) is 1.68. The van der Waals surface area contributed by atoms with Crippen LogP contribution in [0, 0.1) is 17.7 Å². The average molecular weight is 285 g/mol. The molecule has 0 saturated heterocycles. The molecule has 0 unspecified atom stereocenters. The van der Waals surface area contributed by atoms with Crippen LogP contribution in [-0.2, 0) is 9.84 Å². The van der Waals surface area contributed by atoms with E-state index in [9.17, 15) is 12.8 Å². The summed E-state index contributed by atoms with van der Waals surface area (Å²) in [6.07, 6.45) is 0. The van der Waals surface area contributed by atoms with E-state index >= 15 is 0 Å². The van der Waals surface area contributed by atoms with Crippen molar-refractivity contribution in [2.24, 2.45) is 5.73 Å². The van der Waals surface area contributed by atoms with Crippen LogP contribution in [0.2, 0.25) is 0 Å². The lowest BCUT2D eigenvalue weighted by Gasteiger charge is -2.07. The molecule has 2 N–H and O–H groups in total. The number of rotatable bonds is 5. The molecule has 0 saturated carbocycles. The van der Waals surface area contributed by atoms with Gasteiger partial charge in [0, 0.05) is 11.3 Å². The van der Waals surface area contributed by atoms with Crippen molar-refractivity contribution in [1.29, 1.82) is 0 Å². The minimum Gasteiger partial charge on any atom is -0.489 e. The molecule has 1 rings (SSSR count). The quantitative estimate of drug-likeness (QED) is 0.818. The highest BCUT2D eigenvalue weighted by Gasteiger charge is 2.09. The Bertz CT molecular complexity index is 588. The zero-order chi connectivity index (χ0) is 14.3. The van der Waals surface area contributed by atoms with E-state index in [2.05, 4.69) is 11.8 Å². The van der Waals surface area contributed by atoms with E-state index in [4.69, 9.17) is 10.5 Å². The summed E-state index contributed by atoms with van der Waals surface area (Å²) in [5.74, 6) is 4.75. The van der Waals surface area contributed by atoms with Crippen molar-refractivity contribution < 1.29 is 17.5 Å². The summed E-state index contributed by atoms with van der Waals surface area (Å²) in [5, 5.41) is 0. The molecule has 0 amide bonds. The molecule has 0 fully saturated rings. The van der Waals surface area contributed by atoms with Crippen molar-refractivity contribution in [2.75, 3.05) is 24.7 Å². The van der Waals surface area contributed by atoms with Crippen molar-refractivity contribution >= 4 is 9.84 Å². The lowest BCUT2D eigenvalue weighted by molar-refractivity contribution is 0.322. The van der Waals surface area contributed by atoms with Crippen molar-refractivity contribution in [1.82, 2.24) is 0 Å². The summed E-state index contributed by atoms with van der Waals surface area (Å²) in [6, 6.07) is 4.16. The second kappa shape index (κ2) is 7.12. The van der Waals surface area contributed by atoms with Gasteiger partial charge in [-0.3, -0.25) is 0 Å². The molecule has 104 valence electrons. The predicted octanol–water partition coefficient (Wildman–Crippen LogP) is 0.949. The Kier molecular flexibility index (Phi) is 5.80. The van der Waals surface area contributed by atoms with Crippen LogP contribution < -0.4 is 10.5 Å². The Balaban J connectivity index is 2.72. The molecular weight excluding hydrogens is 269 g/mol. The summed E-state index contributed by atoms with van der Waals surface area (Å²) in [4.78, 5) is 0. The van der Waals surface area contributed by atoms with Gasteiger partial charge in [-0.15, -0.1) is 0 Å². The van der Waals surface area contributed by atoms with E-state index in [1.54, 1.807) is 6.92 Å². The first-order chi connectivity index (χ1) is 8.98. The number of ether oxygens (including phenoxy) is 1. The Hall–Kier alpha value is -1.58. The smallest absolute Gasteiger partial charge is 0.165 e. The summed E-state index contributed by atoms with van der Waals surface area (Å²) < 4.78 is 41.1. The SMILES string of the molecule is CCS(=O)(=O)CCOc1cc(C#CCN)ccc1F. The number of hydrogen-bond donors (Lipinski definition) is 1. The molecule has 0 heterocycles. The predicted molar refractivity (Wildman–Crippen MR) is 72.2 cm³/mol. The minimum atomic E-state index is -3.12. The van der Waals surface area contributed by atoms with Crippen molar-refractivity contribution in [3.05, 3.63) is 29.6 Å². The molecular formula is C13H16FNO3S. The maximum atomic E-state index is 13.4. The lowest BCUT2D eigenvalue weighted by atomic mass is 10.2. The normalized spacial score (nSPS) is 10.7. The Morgan fingerprint density at radius 2 is 2.16 bits per heavy atom. The number of halogens is 1. The van der Waals surface area contributed by atoms with E-state index in [0.29, 0.717) is 5.56 Å². The third-order valence-corrected chi connectivity index (χ3v) is 4.03. The van der Waals surface area contributed by atoms with Gasteiger partial charge in [-0.25, -0.2) is 12.8 Å². The standard InChI is InChI=1S/C13H16FNO3S/c1-2-19(16,17)9-8-18-13-10-11(4-3-7-15)5-6-12(13)14/h5-6,10H,2,7-9,15H2,1H3. The van der Waals surface area contributed by atoms with Crippen molar-refractivity contribution in [2.45, 2.75) is 6.92 Å². The van der Waals surface area contributed by atoms with Gasteiger partial charge in [0.2, 0.25) is 0 Å². The van der Waals surface area contributed by atoms with Gasteiger partial charge in [0.25, 0.3) is 0 Å². The third kappa shape index (κ3) is 5.28. The molecule has 4 nitrogen and oxygen atoms in total. The molecule has 1 aromatic carbocycles. The van der Waals surface area contributed by atoms with Gasteiger partial charge in [0.05, 0.1) is 12.3 Å². The highest BCUT2D eigenvalue weighted by molar-refractivity contribution is 7.91. The van der Waals surface area contributed by atoms with E-state index in [1.807, 2.05) is 0 Å². The number of nitrogens with two attached hydrogens (primary N) is 1. The molecule has 0 aliphatic carbocycles. The monoisotopic (exact) mass is 285 g/mol. The number of benzene rings is 1. The fraction of sp³-hybridized carbons (Fsp3) is 0.385. The first-order valence-corrected chi connectivity index (χ1v) is 7.62. The van der Waals surface area contributed by atoms with Crippen LogP contribution in [-0.4, -0.2) is 33.1 Å². The van der Waals surface area contributed by atoms with E-state index in [-0.39, 0.29) is 30.4 Å². The van der Waals surface area contributed by atoms with Crippen LogP contribution in [0.15, 0.2) is 18.2 Å². The molecule has 6 heteroatoms. The summed E-state index contributed by atoms with van der Waals surface area (Å²) in [5.41, 5.74) is 5.81. The van der Waals surface area contributed by atoms with Crippen LogP contribution in [0.25, 0.3) is 0 Å². The molecule has 1 aromatic rings. The number of hydrogen-bond acceptors (Lipinski definition) is 4. The van der Waals surface area contributed by atoms with E-state index in [1.165, 1.54) is 18.2 Å².